The molecule has 0 aromatic heterocycles. The van der Waals surface area contributed by atoms with Gasteiger partial charge >= 0.3 is 0 Å². The van der Waals surface area contributed by atoms with Gasteiger partial charge < -0.3 is 10.6 Å². The standard InChI is InChI=1S/C13H17N3O/c17-13(10-15-12-7-4-8-14-12)16-9-11-5-2-1-3-6-11/h1-3,5-6H,4,7-10H2,(H,14,15)(H,16,17). The van der Waals surface area contributed by atoms with Crippen LogP contribution < -0.4 is 10.6 Å². The van der Waals surface area contributed by atoms with Crippen LogP contribution in [-0.4, -0.2) is 24.8 Å². The third-order valence-electron chi connectivity index (χ3n) is 2.66. The van der Waals surface area contributed by atoms with E-state index in [0.717, 1.165) is 30.8 Å². The van der Waals surface area contributed by atoms with E-state index in [1.54, 1.807) is 0 Å². The Kier molecular flexibility index (Phi) is 4.13. The molecular formula is C13H17N3O. The summed E-state index contributed by atoms with van der Waals surface area (Å²) in [5.41, 5.74) is 1.11. The smallest absolute Gasteiger partial charge is 0.239 e. The molecule has 0 atom stereocenters. The van der Waals surface area contributed by atoms with Crippen LogP contribution >= 0.6 is 0 Å². The number of rotatable bonds is 4. The van der Waals surface area contributed by atoms with Gasteiger partial charge in [0, 0.05) is 19.5 Å². The number of benzene rings is 1. The van der Waals surface area contributed by atoms with Crippen LogP contribution in [0, 0.1) is 0 Å². The molecule has 4 nitrogen and oxygen atoms in total. The zero-order valence-corrected chi connectivity index (χ0v) is 9.78. The summed E-state index contributed by atoms with van der Waals surface area (Å²) in [4.78, 5) is 15.8. The van der Waals surface area contributed by atoms with Gasteiger partial charge in [-0.15, -0.1) is 0 Å². The van der Waals surface area contributed by atoms with E-state index >= 15 is 0 Å². The quantitative estimate of drug-likeness (QED) is 0.815. The van der Waals surface area contributed by atoms with Crippen molar-refractivity contribution in [1.82, 2.24) is 10.6 Å². The largest absolute Gasteiger partial charge is 0.365 e. The second-order valence-corrected chi connectivity index (χ2v) is 4.05. The molecule has 0 radical (unpaired) electrons. The van der Waals surface area contributed by atoms with E-state index in [4.69, 9.17) is 0 Å². The van der Waals surface area contributed by atoms with Gasteiger partial charge in [-0.3, -0.25) is 9.79 Å². The molecular weight excluding hydrogens is 214 g/mol. The van der Waals surface area contributed by atoms with E-state index in [1.165, 1.54) is 0 Å². The summed E-state index contributed by atoms with van der Waals surface area (Å²) in [5, 5.41) is 5.92. The highest BCUT2D eigenvalue weighted by atomic mass is 16.1. The first-order chi connectivity index (χ1) is 8.34. The van der Waals surface area contributed by atoms with E-state index in [1.807, 2.05) is 30.3 Å². The topological polar surface area (TPSA) is 53.5 Å². The van der Waals surface area contributed by atoms with E-state index in [9.17, 15) is 4.79 Å². The molecule has 17 heavy (non-hydrogen) atoms. The summed E-state index contributed by atoms with van der Waals surface area (Å²) >= 11 is 0. The fourth-order valence-corrected chi connectivity index (χ4v) is 1.73. The summed E-state index contributed by atoms with van der Waals surface area (Å²) in [6.45, 7) is 1.77. The van der Waals surface area contributed by atoms with Crippen molar-refractivity contribution >= 4 is 11.7 Å². The molecule has 1 aromatic carbocycles. The van der Waals surface area contributed by atoms with Gasteiger partial charge in [-0.25, -0.2) is 0 Å². The Bertz CT molecular complexity index is 400. The molecule has 0 saturated carbocycles. The van der Waals surface area contributed by atoms with Crippen molar-refractivity contribution in [2.45, 2.75) is 19.4 Å². The van der Waals surface area contributed by atoms with Gasteiger partial charge in [0.1, 0.15) is 0 Å². The third-order valence-corrected chi connectivity index (χ3v) is 2.66. The number of aliphatic imine (C=N–C) groups is 1. The maximum atomic E-state index is 11.5. The van der Waals surface area contributed by atoms with E-state index < -0.39 is 0 Å². The van der Waals surface area contributed by atoms with Crippen LogP contribution in [0.5, 0.6) is 0 Å². The maximum Gasteiger partial charge on any atom is 0.239 e. The van der Waals surface area contributed by atoms with Crippen molar-refractivity contribution < 1.29 is 4.79 Å². The lowest BCUT2D eigenvalue weighted by atomic mass is 10.2. The average Bonchev–Trinajstić information content (AvgIpc) is 2.88. The predicted octanol–water partition coefficient (Wildman–Crippen LogP) is 1.08. The highest BCUT2D eigenvalue weighted by Crippen LogP contribution is 2.00. The van der Waals surface area contributed by atoms with Gasteiger partial charge in [0.25, 0.3) is 0 Å². The molecule has 0 unspecified atom stereocenters. The minimum Gasteiger partial charge on any atom is -0.365 e. The Morgan fingerprint density at radius 1 is 1.29 bits per heavy atom. The highest BCUT2D eigenvalue weighted by Gasteiger charge is 2.07. The zero-order valence-electron chi connectivity index (χ0n) is 9.78. The average molecular weight is 231 g/mol. The molecule has 0 spiro atoms. The van der Waals surface area contributed by atoms with E-state index in [0.29, 0.717) is 13.1 Å². The van der Waals surface area contributed by atoms with Gasteiger partial charge in [-0.1, -0.05) is 30.3 Å². The molecule has 0 fully saturated rings. The molecule has 0 aliphatic carbocycles. The summed E-state index contributed by atoms with van der Waals surface area (Å²) < 4.78 is 0. The first-order valence-corrected chi connectivity index (χ1v) is 5.92. The summed E-state index contributed by atoms with van der Waals surface area (Å²) in [6.07, 6.45) is 2.06. The molecule has 0 bridgehead atoms. The molecule has 1 aromatic rings. The fourth-order valence-electron chi connectivity index (χ4n) is 1.73. The van der Waals surface area contributed by atoms with Crippen LogP contribution in [0.15, 0.2) is 35.3 Å². The highest BCUT2D eigenvalue weighted by molar-refractivity contribution is 5.88. The molecule has 2 N–H and O–H groups in total. The predicted molar refractivity (Wildman–Crippen MR) is 67.8 cm³/mol. The van der Waals surface area contributed by atoms with Crippen LogP contribution in [0.2, 0.25) is 0 Å². The number of hydrogen-bond donors (Lipinski definition) is 2. The fraction of sp³-hybridized carbons (Fsp3) is 0.385. The maximum absolute atomic E-state index is 11.5. The Morgan fingerprint density at radius 2 is 2.12 bits per heavy atom. The zero-order chi connectivity index (χ0) is 11.9. The lowest BCUT2D eigenvalue weighted by molar-refractivity contribution is -0.120. The lowest BCUT2D eigenvalue weighted by Crippen LogP contribution is -2.36. The molecule has 1 aliphatic rings. The van der Waals surface area contributed by atoms with Gasteiger partial charge in [-0.05, 0) is 12.0 Å². The molecule has 1 aliphatic heterocycles. The van der Waals surface area contributed by atoms with Crippen molar-refractivity contribution in [3.8, 4) is 0 Å². The second kappa shape index (κ2) is 6.03. The van der Waals surface area contributed by atoms with Crippen molar-refractivity contribution in [1.29, 1.82) is 0 Å². The van der Waals surface area contributed by atoms with Crippen LogP contribution in [0.1, 0.15) is 18.4 Å². The van der Waals surface area contributed by atoms with Crippen LogP contribution in [0.3, 0.4) is 0 Å². The molecule has 4 heteroatoms. The second-order valence-electron chi connectivity index (χ2n) is 4.05. The third kappa shape index (κ3) is 3.90. The SMILES string of the molecule is O=C(CNC1=NCCC1)NCc1ccccc1. The van der Waals surface area contributed by atoms with Crippen molar-refractivity contribution in [2.24, 2.45) is 4.99 Å². The molecule has 90 valence electrons. The van der Waals surface area contributed by atoms with Crippen LogP contribution in [0.4, 0.5) is 0 Å². The molecule has 0 saturated heterocycles. The first-order valence-electron chi connectivity index (χ1n) is 5.92. The van der Waals surface area contributed by atoms with Crippen molar-refractivity contribution in [3.63, 3.8) is 0 Å². The number of carbonyl (C=O) groups is 1. The number of nitrogens with one attached hydrogen (secondary N) is 2. The number of hydrogen-bond acceptors (Lipinski definition) is 3. The monoisotopic (exact) mass is 231 g/mol. The summed E-state index contributed by atoms with van der Waals surface area (Å²) in [6, 6.07) is 9.88. The van der Waals surface area contributed by atoms with Crippen LogP contribution in [-0.2, 0) is 11.3 Å². The Morgan fingerprint density at radius 3 is 2.82 bits per heavy atom. The molecule has 2 rings (SSSR count). The molecule has 1 heterocycles. The lowest BCUT2D eigenvalue weighted by Gasteiger charge is -2.07. The minimum atomic E-state index is 0.00320. The normalized spacial score (nSPS) is 14.2. The van der Waals surface area contributed by atoms with Gasteiger partial charge in [0.2, 0.25) is 5.91 Å². The van der Waals surface area contributed by atoms with Gasteiger partial charge in [0.05, 0.1) is 12.4 Å². The number of nitrogens with zero attached hydrogens (tertiary/aromatic N) is 1. The number of carbonyl (C=O) groups excluding carboxylic acids is 1. The molecule has 1 amide bonds. The minimum absolute atomic E-state index is 0.00320. The van der Waals surface area contributed by atoms with Crippen molar-refractivity contribution in [3.05, 3.63) is 35.9 Å². The van der Waals surface area contributed by atoms with Crippen molar-refractivity contribution in [2.75, 3.05) is 13.1 Å². The Labute approximate surface area is 101 Å². The number of amidine groups is 1. The number of amides is 1. The first kappa shape index (κ1) is 11.6. The Hall–Kier alpha value is -1.84. The van der Waals surface area contributed by atoms with Crippen LogP contribution in [0.25, 0.3) is 0 Å². The van der Waals surface area contributed by atoms with E-state index in [2.05, 4.69) is 15.6 Å². The summed E-state index contributed by atoms with van der Waals surface area (Å²) in [7, 11) is 0. The van der Waals surface area contributed by atoms with Gasteiger partial charge in [0.15, 0.2) is 0 Å². The van der Waals surface area contributed by atoms with E-state index in [-0.39, 0.29) is 5.91 Å². The van der Waals surface area contributed by atoms with Gasteiger partial charge in [-0.2, -0.15) is 0 Å². The Balaban J connectivity index is 1.67. The summed E-state index contributed by atoms with van der Waals surface area (Å²) in [5.74, 6) is 0.961.